The zero-order valence-corrected chi connectivity index (χ0v) is 17.0. The zero-order valence-electron chi connectivity index (χ0n) is 17.0. The number of hydrogen-bond donors (Lipinski definition) is 1. The molecule has 0 aliphatic carbocycles. The SMILES string of the molecule is CC(C)=CCn1c(N2CCCNCC2)nc2cnn(Cc3ccccn3)c(=O)c21. The fraction of sp³-hybridized carbons (Fsp3) is 0.429. The molecule has 0 saturated carbocycles. The summed E-state index contributed by atoms with van der Waals surface area (Å²) in [5.74, 6) is 0.843. The highest BCUT2D eigenvalue weighted by Crippen LogP contribution is 2.21. The van der Waals surface area contributed by atoms with Crippen LogP contribution in [0.1, 0.15) is 26.0 Å². The van der Waals surface area contributed by atoms with Gasteiger partial charge in [-0.2, -0.15) is 5.10 Å². The molecule has 0 radical (unpaired) electrons. The number of fused-ring (bicyclic) bond motifs is 1. The van der Waals surface area contributed by atoms with Gasteiger partial charge in [-0.3, -0.25) is 9.78 Å². The van der Waals surface area contributed by atoms with E-state index in [0.717, 1.165) is 44.2 Å². The Morgan fingerprint density at radius 1 is 1.24 bits per heavy atom. The van der Waals surface area contributed by atoms with Crippen LogP contribution >= 0.6 is 0 Å². The summed E-state index contributed by atoms with van der Waals surface area (Å²) in [5.41, 5.74) is 3.11. The van der Waals surface area contributed by atoms with E-state index in [0.29, 0.717) is 24.1 Å². The number of imidazole rings is 1. The molecule has 8 heteroatoms. The molecule has 1 saturated heterocycles. The number of allylic oxidation sites excluding steroid dienone is 2. The Bertz CT molecular complexity index is 1060. The zero-order chi connectivity index (χ0) is 20.2. The summed E-state index contributed by atoms with van der Waals surface area (Å²) in [5, 5.41) is 7.78. The first-order valence-corrected chi connectivity index (χ1v) is 10.1. The van der Waals surface area contributed by atoms with Gasteiger partial charge in [0.25, 0.3) is 5.56 Å². The van der Waals surface area contributed by atoms with Gasteiger partial charge in [0.15, 0.2) is 0 Å². The first-order chi connectivity index (χ1) is 14.1. The second-order valence-corrected chi connectivity index (χ2v) is 7.56. The van der Waals surface area contributed by atoms with E-state index in [1.807, 2.05) is 22.8 Å². The predicted molar refractivity (Wildman–Crippen MR) is 114 cm³/mol. The lowest BCUT2D eigenvalue weighted by Crippen LogP contribution is -2.31. The van der Waals surface area contributed by atoms with E-state index in [2.05, 4.69) is 40.2 Å². The van der Waals surface area contributed by atoms with Crippen molar-refractivity contribution < 1.29 is 0 Å². The molecule has 8 nitrogen and oxygen atoms in total. The van der Waals surface area contributed by atoms with Crippen molar-refractivity contribution in [2.75, 3.05) is 31.1 Å². The summed E-state index contributed by atoms with van der Waals surface area (Å²) in [4.78, 5) is 24.7. The molecule has 1 aliphatic heterocycles. The van der Waals surface area contributed by atoms with Crippen molar-refractivity contribution in [2.45, 2.75) is 33.4 Å². The monoisotopic (exact) mass is 393 g/mol. The minimum atomic E-state index is -0.137. The fourth-order valence-corrected chi connectivity index (χ4v) is 3.57. The van der Waals surface area contributed by atoms with Crippen LogP contribution in [0.5, 0.6) is 0 Å². The smallest absolute Gasteiger partial charge is 0.293 e. The molecule has 0 atom stereocenters. The number of rotatable bonds is 5. The van der Waals surface area contributed by atoms with E-state index in [1.54, 1.807) is 12.4 Å². The second-order valence-electron chi connectivity index (χ2n) is 7.56. The summed E-state index contributed by atoms with van der Waals surface area (Å²) < 4.78 is 3.51. The third-order valence-electron chi connectivity index (χ3n) is 5.07. The molecule has 1 fully saturated rings. The molecule has 3 aromatic heterocycles. The standard InChI is InChI=1S/C21H27N7O/c1-16(2)7-12-27-19-18(25-21(27)26-11-5-8-22-10-13-26)14-24-28(20(19)29)15-17-6-3-4-9-23-17/h3-4,6-7,9,14,22H,5,8,10-13,15H2,1-2H3. The van der Waals surface area contributed by atoms with Gasteiger partial charge in [-0.1, -0.05) is 17.7 Å². The number of anilines is 1. The molecular formula is C21H27N7O. The lowest BCUT2D eigenvalue weighted by molar-refractivity contribution is 0.630. The average molecular weight is 393 g/mol. The van der Waals surface area contributed by atoms with Gasteiger partial charge in [-0.15, -0.1) is 0 Å². The third kappa shape index (κ3) is 4.22. The number of aromatic nitrogens is 5. The van der Waals surface area contributed by atoms with Crippen LogP contribution in [0.2, 0.25) is 0 Å². The summed E-state index contributed by atoms with van der Waals surface area (Å²) in [6.45, 7) is 8.78. The molecule has 0 amide bonds. The molecule has 29 heavy (non-hydrogen) atoms. The molecule has 4 rings (SSSR count). The largest absolute Gasteiger partial charge is 0.341 e. The molecule has 0 aromatic carbocycles. The van der Waals surface area contributed by atoms with E-state index in [-0.39, 0.29) is 5.56 Å². The van der Waals surface area contributed by atoms with Crippen molar-refractivity contribution in [1.29, 1.82) is 0 Å². The van der Waals surface area contributed by atoms with Crippen molar-refractivity contribution in [1.82, 2.24) is 29.6 Å². The van der Waals surface area contributed by atoms with Crippen molar-refractivity contribution in [3.8, 4) is 0 Å². The number of pyridine rings is 1. The maximum Gasteiger partial charge on any atom is 0.293 e. The summed E-state index contributed by atoms with van der Waals surface area (Å²) >= 11 is 0. The van der Waals surface area contributed by atoms with E-state index in [4.69, 9.17) is 4.98 Å². The van der Waals surface area contributed by atoms with E-state index in [1.165, 1.54) is 10.3 Å². The fourth-order valence-electron chi connectivity index (χ4n) is 3.57. The number of nitrogens with one attached hydrogen (secondary N) is 1. The molecule has 0 bridgehead atoms. The molecule has 3 aromatic rings. The normalized spacial score (nSPS) is 14.8. The Balaban J connectivity index is 1.81. The lowest BCUT2D eigenvalue weighted by atomic mass is 10.3. The molecule has 4 heterocycles. The molecule has 1 aliphatic rings. The van der Waals surface area contributed by atoms with E-state index >= 15 is 0 Å². The van der Waals surface area contributed by atoms with Crippen molar-refractivity contribution in [2.24, 2.45) is 0 Å². The first-order valence-electron chi connectivity index (χ1n) is 10.1. The van der Waals surface area contributed by atoms with Gasteiger partial charge < -0.3 is 14.8 Å². The highest BCUT2D eigenvalue weighted by molar-refractivity contribution is 5.77. The van der Waals surface area contributed by atoms with E-state index < -0.39 is 0 Å². The Hall–Kier alpha value is -3.00. The Morgan fingerprint density at radius 2 is 2.14 bits per heavy atom. The minimum absolute atomic E-state index is 0.137. The first kappa shape index (κ1) is 19.3. The van der Waals surface area contributed by atoms with Crippen molar-refractivity contribution in [3.63, 3.8) is 0 Å². The predicted octanol–water partition coefficient (Wildman–Crippen LogP) is 1.80. The van der Waals surface area contributed by atoms with E-state index in [9.17, 15) is 4.79 Å². The van der Waals surface area contributed by atoms with Crippen molar-refractivity contribution >= 4 is 17.0 Å². The van der Waals surface area contributed by atoms with Crippen LogP contribution in [-0.4, -0.2) is 50.5 Å². The highest BCUT2D eigenvalue weighted by atomic mass is 16.1. The van der Waals surface area contributed by atoms with Crippen LogP contribution in [0, 0.1) is 0 Å². The summed E-state index contributed by atoms with van der Waals surface area (Å²) in [7, 11) is 0. The topological polar surface area (TPSA) is 80.9 Å². The summed E-state index contributed by atoms with van der Waals surface area (Å²) in [6, 6.07) is 5.67. The van der Waals surface area contributed by atoms with Crippen LogP contribution in [0.15, 0.2) is 47.0 Å². The Labute approximate surface area is 169 Å². The summed E-state index contributed by atoms with van der Waals surface area (Å²) in [6.07, 6.45) is 6.60. The maximum absolute atomic E-state index is 13.3. The molecule has 0 spiro atoms. The van der Waals surface area contributed by atoms with Gasteiger partial charge in [0.2, 0.25) is 5.95 Å². The molecule has 0 unspecified atom stereocenters. The van der Waals surface area contributed by atoms with Gasteiger partial charge >= 0.3 is 0 Å². The van der Waals surface area contributed by atoms with Gasteiger partial charge in [0.05, 0.1) is 18.4 Å². The van der Waals surface area contributed by atoms with Crippen LogP contribution in [0.3, 0.4) is 0 Å². The average Bonchev–Trinajstić information content (AvgIpc) is 2.88. The Morgan fingerprint density at radius 3 is 2.93 bits per heavy atom. The quantitative estimate of drug-likeness (QED) is 0.666. The van der Waals surface area contributed by atoms with Gasteiger partial charge in [-0.05, 0) is 38.9 Å². The van der Waals surface area contributed by atoms with Crippen molar-refractivity contribution in [3.05, 3.63) is 58.3 Å². The molecule has 1 N–H and O–H groups in total. The van der Waals surface area contributed by atoms with Gasteiger partial charge in [-0.25, -0.2) is 9.67 Å². The highest BCUT2D eigenvalue weighted by Gasteiger charge is 2.21. The van der Waals surface area contributed by atoms with Crippen LogP contribution < -0.4 is 15.8 Å². The molecule has 152 valence electrons. The minimum Gasteiger partial charge on any atom is -0.341 e. The third-order valence-corrected chi connectivity index (χ3v) is 5.07. The van der Waals surface area contributed by atoms with Gasteiger partial charge in [0.1, 0.15) is 11.0 Å². The number of nitrogens with zero attached hydrogens (tertiary/aromatic N) is 6. The van der Waals surface area contributed by atoms with Crippen LogP contribution in [0.25, 0.3) is 11.0 Å². The van der Waals surface area contributed by atoms with Crippen LogP contribution in [-0.2, 0) is 13.1 Å². The second kappa shape index (κ2) is 8.57. The van der Waals surface area contributed by atoms with Crippen LogP contribution in [0.4, 0.5) is 5.95 Å². The van der Waals surface area contributed by atoms with Gasteiger partial charge in [0, 0.05) is 32.4 Å². The molecular weight excluding hydrogens is 366 g/mol. The number of hydrogen-bond acceptors (Lipinski definition) is 6. The lowest BCUT2D eigenvalue weighted by Gasteiger charge is -2.22. The Kier molecular flexibility index (Phi) is 5.71. The maximum atomic E-state index is 13.3.